The first-order chi connectivity index (χ1) is 12.9. The Labute approximate surface area is 155 Å². The number of halogens is 3. The number of nitrogens with one attached hydrogen (secondary N) is 1. The summed E-state index contributed by atoms with van der Waals surface area (Å²) >= 11 is 0. The van der Waals surface area contributed by atoms with Crippen molar-refractivity contribution in [1.29, 1.82) is 0 Å². The molecule has 0 spiro atoms. The quantitative estimate of drug-likeness (QED) is 0.869. The summed E-state index contributed by atoms with van der Waals surface area (Å²) in [6.45, 7) is 1.56. The normalized spacial score (nSPS) is 15.6. The molecule has 1 amide bonds. The second-order valence-corrected chi connectivity index (χ2v) is 6.55. The van der Waals surface area contributed by atoms with Crippen molar-refractivity contribution in [3.8, 4) is 0 Å². The summed E-state index contributed by atoms with van der Waals surface area (Å²) in [4.78, 5) is 21.3. The van der Waals surface area contributed by atoms with Crippen LogP contribution in [0.5, 0.6) is 0 Å². The number of alkyl halides is 3. The van der Waals surface area contributed by atoms with E-state index in [1.807, 2.05) is 30.3 Å². The van der Waals surface area contributed by atoms with Gasteiger partial charge in [0.25, 0.3) is 0 Å². The molecule has 2 heterocycles. The van der Waals surface area contributed by atoms with Gasteiger partial charge in [-0.05, 0) is 24.8 Å². The van der Waals surface area contributed by atoms with Crippen LogP contribution in [0.15, 0.2) is 42.7 Å². The number of nitrogens with zero attached hydrogens (tertiary/aromatic N) is 3. The standard InChI is InChI=1S/C19H21F3N4O/c20-19(21,22)16-12-17(25-13-24-16)26-10-7-15(8-11-26)18(27)23-9-6-14-4-2-1-3-5-14/h1-5,12-13,15H,6-11H2,(H,23,27). The number of carbonyl (C=O) groups excluding carboxylic acids is 1. The van der Waals surface area contributed by atoms with E-state index in [4.69, 9.17) is 0 Å². The zero-order valence-electron chi connectivity index (χ0n) is 14.7. The lowest BCUT2D eigenvalue weighted by atomic mass is 9.96. The molecule has 1 saturated heterocycles. The van der Waals surface area contributed by atoms with Crippen molar-refractivity contribution in [2.45, 2.75) is 25.4 Å². The molecule has 1 fully saturated rings. The van der Waals surface area contributed by atoms with Gasteiger partial charge >= 0.3 is 6.18 Å². The maximum absolute atomic E-state index is 12.8. The van der Waals surface area contributed by atoms with E-state index in [9.17, 15) is 18.0 Å². The zero-order valence-corrected chi connectivity index (χ0v) is 14.7. The zero-order chi connectivity index (χ0) is 19.3. The van der Waals surface area contributed by atoms with Gasteiger partial charge in [-0.25, -0.2) is 9.97 Å². The second-order valence-electron chi connectivity index (χ2n) is 6.55. The van der Waals surface area contributed by atoms with E-state index < -0.39 is 11.9 Å². The van der Waals surface area contributed by atoms with Gasteiger partial charge in [-0.1, -0.05) is 30.3 Å². The van der Waals surface area contributed by atoms with Gasteiger partial charge in [0.05, 0.1) is 0 Å². The fourth-order valence-electron chi connectivity index (χ4n) is 3.16. The van der Waals surface area contributed by atoms with E-state index >= 15 is 0 Å². The third kappa shape index (κ3) is 5.18. The van der Waals surface area contributed by atoms with Gasteiger partial charge in [0.1, 0.15) is 17.8 Å². The molecule has 1 N–H and O–H groups in total. The molecular formula is C19H21F3N4O. The number of hydrogen-bond donors (Lipinski definition) is 1. The Kier molecular flexibility index (Phi) is 5.93. The molecule has 0 unspecified atom stereocenters. The highest BCUT2D eigenvalue weighted by Gasteiger charge is 2.34. The Bertz CT molecular complexity index is 759. The van der Waals surface area contributed by atoms with Crippen LogP contribution in [0.1, 0.15) is 24.1 Å². The molecule has 27 heavy (non-hydrogen) atoms. The highest BCUT2D eigenvalue weighted by atomic mass is 19.4. The molecule has 8 heteroatoms. The van der Waals surface area contributed by atoms with E-state index in [0.29, 0.717) is 32.5 Å². The van der Waals surface area contributed by atoms with Crippen LogP contribution in [0.2, 0.25) is 0 Å². The first-order valence-corrected chi connectivity index (χ1v) is 8.89. The number of hydrogen-bond acceptors (Lipinski definition) is 4. The van der Waals surface area contributed by atoms with Crippen molar-refractivity contribution < 1.29 is 18.0 Å². The molecular weight excluding hydrogens is 357 g/mol. The lowest BCUT2D eigenvalue weighted by Gasteiger charge is -2.32. The average Bonchev–Trinajstić information content (AvgIpc) is 2.68. The summed E-state index contributed by atoms with van der Waals surface area (Å²) in [6, 6.07) is 10.9. The van der Waals surface area contributed by atoms with Crippen molar-refractivity contribution in [2.75, 3.05) is 24.5 Å². The number of rotatable bonds is 5. The first kappa shape index (κ1) is 19.1. The summed E-state index contributed by atoms with van der Waals surface area (Å²) in [5, 5.41) is 2.95. The molecule has 144 valence electrons. The summed E-state index contributed by atoms with van der Waals surface area (Å²) < 4.78 is 38.3. The van der Waals surface area contributed by atoms with Gasteiger partial charge in [0.2, 0.25) is 5.91 Å². The van der Waals surface area contributed by atoms with Crippen LogP contribution in [-0.4, -0.2) is 35.5 Å². The topological polar surface area (TPSA) is 58.1 Å². The molecule has 1 aromatic heterocycles. The summed E-state index contributed by atoms with van der Waals surface area (Å²) in [5.74, 6) is 0.130. The molecule has 3 rings (SSSR count). The predicted octanol–water partition coefficient (Wildman–Crippen LogP) is 3.07. The Balaban J connectivity index is 1.48. The van der Waals surface area contributed by atoms with Gasteiger partial charge in [-0.2, -0.15) is 13.2 Å². The molecule has 1 aliphatic rings. The van der Waals surface area contributed by atoms with Crippen LogP contribution < -0.4 is 10.2 Å². The van der Waals surface area contributed by atoms with Crippen LogP contribution >= 0.6 is 0 Å². The molecule has 0 atom stereocenters. The van der Waals surface area contributed by atoms with Crippen molar-refractivity contribution >= 4 is 11.7 Å². The fourth-order valence-corrected chi connectivity index (χ4v) is 3.16. The lowest BCUT2D eigenvalue weighted by molar-refractivity contribution is -0.141. The van der Waals surface area contributed by atoms with Crippen LogP contribution in [0.3, 0.4) is 0 Å². The molecule has 1 aromatic carbocycles. The van der Waals surface area contributed by atoms with Gasteiger partial charge in [-0.3, -0.25) is 4.79 Å². The molecule has 0 aliphatic carbocycles. The van der Waals surface area contributed by atoms with E-state index in [2.05, 4.69) is 15.3 Å². The Morgan fingerprint density at radius 3 is 2.52 bits per heavy atom. The number of carbonyl (C=O) groups is 1. The third-order valence-electron chi connectivity index (χ3n) is 4.69. The Morgan fingerprint density at radius 1 is 1.15 bits per heavy atom. The van der Waals surface area contributed by atoms with Crippen LogP contribution in [-0.2, 0) is 17.4 Å². The minimum Gasteiger partial charge on any atom is -0.356 e. The van der Waals surface area contributed by atoms with E-state index in [-0.39, 0.29) is 17.6 Å². The van der Waals surface area contributed by atoms with E-state index in [1.54, 1.807) is 4.90 Å². The van der Waals surface area contributed by atoms with Crippen LogP contribution in [0.4, 0.5) is 19.0 Å². The summed E-state index contributed by atoms with van der Waals surface area (Å²) in [7, 11) is 0. The molecule has 1 aliphatic heterocycles. The Morgan fingerprint density at radius 2 is 1.85 bits per heavy atom. The van der Waals surface area contributed by atoms with Gasteiger partial charge < -0.3 is 10.2 Å². The second kappa shape index (κ2) is 8.37. The van der Waals surface area contributed by atoms with Crippen molar-refractivity contribution in [2.24, 2.45) is 5.92 Å². The smallest absolute Gasteiger partial charge is 0.356 e. The maximum atomic E-state index is 12.8. The fraction of sp³-hybridized carbons (Fsp3) is 0.421. The molecule has 5 nitrogen and oxygen atoms in total. The van der Waals surface area contributed by atoms with Gasteiger partial charge in [0.15, 0.2) is 0 Å². The SMILES string of the molecule is O=C(NCCc1ccccc1)C1CCN(c2cc(C(F)(F)F)ncn2)CC1. The van der Waals surface area contributed by atoms with Crippen molar-refractivity contribution in [1.82, 2.24) is 15.3 Å². The minimum atomic E-state index is -4.49. The average molecular weight is 378 g/mol. The lowest BCUT2D eigenvalue weighted by Crippen LogP contribution is -2.41. The van der Waals surface area contributed by atoms with E-state index in [0.717, 1.165) is 24.4 Å². The number of amides is 1. The van der Waals surface area contributed by atoms with Crippen molar-refractivity contribution in [3.63, 3.8) is 0 Å². The van der Waals surface area contributed by atoms with Crippen LogP contribution in [0, 0.1) is 5.92 Å². The molecule has 2 aromatic rings. The van der Waals surface area contributed by atoms with Gasteiger partial charge in [0, 0.05) is 31.6 Å². The Hall–Kier alpha value is -2.64. The first-order valence-electron chi connectivity index (χ1n) is 8.89. The highest BCUT2D eigenvalue weighted by molar-refractivity contribution is 5.79. The summed E-state index contributed by atoms with van der Waals surface area (Å²) in [6.07, 6.45) is -1.62. The minimum absolute atomic E-state index is 0.00393. The number of aromatic nitrogens is 2. The van der Waals surface area contributed by atoms with Crippen LogP contribution in [0.25, 0.3) is 0 Å². The van der Waals surface area contributed by atoms with Gasteiger partial charge in [-0.15, -0.1) is 0 Å². The van der Waals surface area contributed by atoms with Crippen molar-refractivity contribution in [3.05, 3.63) is 54.0 Å². The van der Waals surface area contributed by atoms with E-state index in [1.165, 1.54) is 0 Å². The molecule has 0 saturated carbocycles. The third-order valence-corrected chi connectivity index (χ3v) is 4.69. The highest BCUT2D eigenvalue weighted by Crippen LogP contribution is 2.30. The number of anilines is 1. The number of piperidine rings is 1. The maximum Gasteiger partial charge on any atom is 0.433 e. The summed E-state index contributed by atoms with van der Waals surface area (Å²) in [5.41, 5.74) is 0.213. The molecule has 0 bridgehead atoms. The molecule has 0 radical (unpaired) electrons. The largest absolute Gasteiger partial charge is 0.433 e. The predicted molar refractivity (Wildman–Crippen MR) is 95.1 cm³/mol. The number of benzene rings is 1. The monoisotopic (exact) mass is 378 g/mol.